The normalized spacial score (nSPS) is 23.6. The maximum atomic E-state index is 12.7. The van der Waals surface area contributed by atoms with Gasteiger partial charge >= 0.3 is 13.8 Å². The van der Waals surface area contributed by atoms with Crippen LogP contribution in [0.1, 0.15) is 168 Å². The maximum absolute atomic E-state index is 12.7. The van der Waals surface area contributed by atoms with Crippen LogP contribution in [0.15, 0.2) is 24.3 Å². The van der Waals surface area contributed by atoms with E-state index in [2.05, 4.69) is 38.2 Å². The number of carbonyl (C=O) groups excluding carboxylic acids is 1. The average Bonchev–Trinajstić information content (AvgIpc) is 3.15. The number of phosphoric ester groups is 1. The zero-order valence-electron chi connectivity index (χ0n) is 33.5. The third kappa shape index (κ3) is 25.1. The summed E-state index contributed by atoms with van der Waals surface area (Å²) in [6.07, 6.45) is 22.6. The highest BCUT2D eigenvalue weighted by atomic mass is 31.2. The molecule has 12 nitrogen and oxygen atoms in total. The van der Waals surface area contributed by atoms with Gasteiger partial charge in [-0.1, -0.05) is 141 Å². The van der Waals surface area contributed by atoms with Gasteiger partial charge in [-0.2, -0.15) is 0 Å². The van der Waals surface area contributed by atoms with Crippen molar-refractivity contribution >= 4 is 13.8 Å². The monoisotopic (exact) mass is 793 g/mol. The van der Waals surface area contributed by atoms with Crippen molar-refractivity contribution in [3.8, 4) is 0 Å². The highest BCUT2D eigenvalue weighted by Gasteiger charge is 2.51. The number of aliphatic hydroxyl groups is 5. The Labute approximate surface area is 326 Å². The van der Waals surface area contributed by atoms with Crippen LogP contribution in [0.5, 0.6) is 0 Å². The van der Waals surface area contributed by atoms with Crippen molar-refractivity contribution in [3.05, 3.63) is 24.3 Å². The molecule has 1 fully saturated rings. The fraction of sp³-hybridized carbons (Fsp3) is 0.878. The van der Waals surface area contributed by atoms with E-state index in [4.69, 9.17) is 18.5 Å². The first-order valence-corrected chi connectivity index (χ1v) is 22.7. The molecule has 1 rings (SSSR count). The molecule has 0 spiro atoms. The first kappa shape index (κ1) is 50.8. The minimum atomic E-state index is -5.01. The van der Waals surface area contributed by atoms with Gasteiger partial charge in [0.1, 0.15) is 42.7 Å². The SMILES string of the molecule is CCCCC/C=C\C/C=C\CCCCCCCCCCOCC(COP(=O)(O)OC1C(O)C(O)C(O)C(O)C1O)OC(=O)CCCCCCCCCCC. The van der Waals surface area contributed by atoms with Gasteiger partial charge in [-0.15, -0.1) is 0 Å². The molecule has 1 saturated carbocycles. The molecule has 0 heterocycles. The largest absolute Gasteiger partial charge is 0.472 e. The number of esters is 1. The summed E-state index contributed by atoms with van der Waals surface area (Å²) in [6, 6.07) is 0. The lowest BCUT2D eigenvalue weighted by molar-refractivity contribution is -0.220. The maximum Gasteiger partial charge on any atom is 0.472 e. The zero-order valence-corrected chi connectivity index (χ0v) is 34.4. The highest BCUT2D eigenvalue weighted by molar-refractivity contribution is 7.47. The van der Waals surface area contributed by atoms with Crippen molar-refractivity contribution in [1.29, 1.82) is 0 Å². The Bertz CT molecular complexity index is 995. The summed E-state index contributed by atoms with van der Waals surface area (Å²) >= 11 is 0. The number of unbranched alkanes of at least 4 members (excludes halogenated alkanes) is 19. The minimum absolute atomic E-state index is 0.0779. The molecule has 13 heteroatoms. The number of phosphoric acid groups is 1. The predicted octanol–water partition coefficient (Wildman–Crippen LogP) is 7.75. The van der Waals surface area contributed by atoms with Crippen LogP contribution in [-0.4, -0.2) is 98.9 Å². The fourth-order valence-corrected chi connectivity index (χ4v) is 7.36. The van der Waals surface area contributed by atoms with E-state index in [1.54, 1.807) is 0 Å². The summed E-state index contributed by atoms with van der Waals surface area (Å²) in [5.41, 5.74) is 0. The number of aliphatic hydroxyl groups excluding tert-OH is 5. The third-order valence-corrected chi connectivity index (χ3v) is 10.8. The first-order valence-electron chi connectivity index (χ1n) is 21.2. The molecule has 0 saturated heterocycles. The van der Waals surface area contributed by atoms with Crippen LogP contribution in [0.4, 0.5) is 0 Å². The fourth-order valence-electron chi connectivity index (χ4n) is 6.38. The number of carbonyl (C=O) groups is 1. The van der Waals surface area contributed by atoms with Gasteiger partial charge in [0, 0.05) is 13.0 Å². The lowest BCUT2D eigenvalue weighted by Gasteiger charge is -2.41. The average molecular weight is 793 g/mol. The third-order valence-electron chi connectivity index (χ3n) is 9.83. The Morgan fingerprint density at radius 2 is 1.04 bits per heavy atom. The van der Waals surface area contributed by atoms with E-state index >= 15 is 0 Å². The molecule has 0 radical (unpaired) electrons. The molecule has 54 heavy (non-hydrogen) atoms. The van der Waals surface area contributed by atoms with Gasteiger partial charge in [0.15, 0.2) is 0 Å². The van der Waals surface area contributed by atoms with Gasteiger partial charge < -0.3 is 39.9 Å². The van der Waals surface area contributed by atoms with Gasteiger partial charge in [0.05, 0.1) is 13.2 Å². The first-order chi connectivity index (χ1) is 26.0. The molecular formula is C41H77O12P. The molecule has 6 atom stereocenters. The van der Waals surface area contributed by atoms with Gasteiger partial charge in [-0.25, -0.2) is 4.57 Å². The van der Waals surface area contributed by atoms with Gasteiger partial charge in [0.2, 0.25) is 0 Å². The smallest absolute Gasteiger partial charge is 0.457 e. The highest BCUT2D eigenvalue weighted by Crippen LogP contribution is 2.47. The topological polar surface area (TPSA) is 192 Å². The quantitative estimate of drug-likeness (QED) is 0.0159. The number of hydrogen-bond acceptors (Lipinski definition) is 11. The van der Waals surface area contributed by atoms with Crippen molar-refractivity contribution in [2.24, 2.45) is 0 Å². The van der Waals surface area contributed by atoms with E-state index in [0.717, 1.165) is 57.8 Å². The van der Waals surface area contributed by atoms with Gasteiger partial charge in [-0.3, -0.25) is 13.8 Å². The molecule has 0 aromatic carbocycles. The van der Waals surface area contributed by atoms with Crippen LogP contribution in [0.2, 0.25) is 0 Å². The lowest BCUT2D eigenvalue weighted by Crippen LogP contribution is -2.64. The Kier molecular flexibility index (Phi) is 30.9. The number of hydrogen-bond donors (Lipinski definition) is 6. The van der Waals surface area contributed by atoms with Crippen molar-refractivity contribution < 1.29 is 58.3 Å². The van der Waals surface area contributed by atoms with E-state index in [0.29, 0.717) is 13.0 Å². The Morgan fingerprint density at radius 3 is 1.59 bits per heavy atom. The minimum Gasteiger partial charge on any atom is -0.457 e. The standard InChI is InChI=1S/C41H77O12P/c1-3-5-7-9-11-13-14-15-16-17-18-19-20-21-23-25-27-29-31-50-32-34(52-35(42)30-28-26-24-22-12-10-8-6-4-2)33-51-54(48,49)53-41-39(46)37(44)36(43)38(45)40(41)47/h11,13,15-16,34,36-41,43-47H,3-10,12,14,17-33H2,1-2H3,(H,48,49)/b13-11-,16-15-. The molecule has 0 aromatic rings. The second-order valence-corrected chi connectivity index (χ2v) is 16.3. The second-order valence-electron chi connectivity index (χ2n) is 14.8. The molecule has 0 bridgehead atoms. The molecule has 0 aromatic heterocycles. The van der Waals surface area contributed by atoms with Crippen molar-refractivity contribution in [1.82, 2.24) is 0 Å². The summed E-state index contributed by atoms with van der Waals surface area (Å²) in [4.78, 5) is 23.0. The van der Waals surface area contributed by atoms with E-state index in [1.165, 1.54) is 83.5 Å². The second kappa shape index (κ2) is 32.9. The Balaban J connectivity index is 2.39. The summed E-state index contributed by atoms with van der Waals surface area (Å²) in [6.45, 7) is 4.18. The summed E-state index contributed by atoms with van der Waals surface area (Å²) in [7, 11) is -5.01. The molecule has 6 N–H and O–H groups in total. The lowest BCUT2D eigenvalue weighted by atomic mass is 9.85. The molecule has 1 aliphatic carbocycles. The van der Waals surface area contributed by atoms with Crippen LogP contribution in [0.3, 0.4) is 0 Å². The summed E-state index contributed by atoms with van der Waals surface area (Å²) in [5, 5.41) is 50.0. The van der Waals surface area contributed by atoms with Crippen LogP contribution in [-0.2, 0) is 27.9 Å². The molecule has 1 aliphatic rings. The summed E-state index contributed by atoms with van der Waals surface area (Å²) in [5.74, 6) is -0.483. The molecular weight excluding hydrogens is 715 g/mol. The molecule has 318 valence electrons. The predicted molar refractivity (Wildman–Crippen MR) is 212 cm³/mol. The molecule has 6 unspecified atom stereocenters. The summed E-state index contributed by atoms with van der Waals surface area (Å²) < 4.78 is 34.0. The number of allylic oxidation sites excluding steroid dienone is 4. The van der Waals surface area contributed by atoms with E-state index in [9.17, 15) is 39.8 Å². The number of rotatable bonds is 35. The Morgan fingerprint density at radius 1 is 0.593 bits per heavy atom. The molecule has 0 amide bonds. The van der Waals surface area contributed by atoms with Crippen molar-refractivity contribution in [2.75, 3.05) is 19.8 Å². The van der Waals surface area contributed by atoms with Crippen LogP contribution < -0.4 is 0 Å². The van der Waals surface area contributed by atoms with E-state index in [1.807, 2.05) is 0 Å². The van der Waals surface area contributed by atoms with Crippen molar-refractivity contribution in [2.45, 2.75) is 211 Å². The van der Waals surface area contributed by atoms with Gasteiger partial charge in [-0.05, 0) is 44.9 Å². The molecule has 0 aliphatic heterocycles. The van der Waals surface area contributed by atoms with Crippen molar-refractivity contribution in [3.63, 3.8) is 0 Å². The van der Waals surface area contributed by atoms with Gasteiger partial charge in [0.25, 0.3) is 0 Å². The van der Waals surface area contributed by atoms with E-state index < -0.39 is 63.1 Å². The Hall–Kier alpha value is -1.18. The zero-order chi connectivity index (χ0) is 39.9. The number of ether oxygens (including phenoxy) is 2. The van der Waals surface area contributed by atoms with E-state index in [-0.39, 0.29) is 13.0 Å². The van der Waals surface area contributed by atoms with Crippen LogP contribution >= 0.6 is 7.82 Å². The van der Waals surface area contributed by atoms with Crippen LogP contribution in [0, 0.1) is 0 Å². The van der Waals surface area contributed by atoms with Crippen LogP contribution in [0.25, 0.3) is 0 Å².